The van der Waals surface area contributed by atoms with Gasteiger partial charge >= 0.3 is 0 Å². The summed E-state index contributed by atoms with van der Waals surface area (Å²) in [6.07, 6.45) is 6.65. The largest absolute Gasteiger partial charge is 0.467 e. The van der Waals surface area contributed by atoms with Gasteiger partial charge < -0.3 is 8.83 Å². The molecule has 0 N–H and O–H groups in total. The maximum atomic E-state index is 13.3. The number of fused-ring (bicyclic) bond motifs is 1. The maximum absolute atomic E-state index is 13.3. The number of hydrogen-bond acceptors (Lipinski definition) is 8. The molecule has 0 bridgehead atoms. The Morgan fingerprint density at radius 2 is 2.03 bits per heavy atom. The normalized spacial score (nSPS) is 19.0. The lowest BCUT2D eigenvalue weighted by molar-refractivity contribution is -0.130. The van der Waals surface area contributed by atoms with E-state index >= 15 is 0 Å². The highest BCUT2D eigenvalue weighted by Gasteiger charge is 2.36. The molecule has 1 aromatic carbocycles. The molecule has 33 heavy (non-hydrogen) atoms. The van der Waals surface area contributed by atoms with Gasteiger partial charge in [0, 0.05) is 11.8 Å². The zero-order valence-corrected chi connectivity index (χ0v) is 18.6. The first kappa shape index (κ1) is 20.2. The topological polar surface area (TPSA) is 103 Å². The van der Waals surface area contributed by atoms with Crippen molar-refractivity contribution in [1.82, 2.24) is 25.2 Å². The van der Waals surface area contributed by atoms with E-state index in [9.17, 15) is 4.79 Å². The third-order valence-corrected chi connectivity index (χ3v) is 7.12. The van der Waals surface area contributed by atoms with Crippen molar-refractivity contribution in [1.29, 1.82) is 0 Å². The predicted octanol–water partition coefficient (Wildman–Crippen LogP) is 4.60. The van der Waals surface area contributed by atoms with Gasteiger partial charge in [0.25, 0.3) is 5.91 Å². The molecule has 1 atom stereocenters. The maximum Gasteiger partial charge on any atom is 0.253 e. The van der Waals surface area contributed by atoms with Crippen LogP contribution in [0.5, 0.6) is 0 Å². The van der Waals surface area contributed by atoms with Crippen LogP contribution in [0.3, 0.4) is 0 Å². The Hall–Kier alpha value is -3.40. The average molecular weight is 463 g/mol. The summed E-state index contributed by atoms with van der Waals surface area (Å²) >= 11 is 1.35. The van der Waals surface area contributed by atoms with Crippen molar-refractivity contribution in [2.75, 3.05) is 5.75 Å². The molecular weight excluding hydrogens is 440 g/mol. The van der Waals surface area contributed by atoms with Crippen molar-refractivity contribution in [3.8, 4) is 0 Å². The molecule has 1 saturated carbocycles. The van der Waals surface area contributed by atoms with Crippen LogP contribution in [0.2, 0.25) is 0 Å². The minimum atomic E-state index is -0.317. The number of para-hydroxylation sites is 1. The van der Waals surface area contributed by atoms with E-state index in [-0.39, 0.29) is 17.7 Å². The van der Waals surface area contributed by atoms with Gasteiger partial charge in [-0.05, 0) is 47.5 Å². The predicted molar refractivity (Wildman–Crippen MR) is 122 cm³/mol. The number of benzene rings is 1. The van der Waals surface area contributed by atoms with Gasteiger partial charge in [-0.2, -0.15) is 5.10 Å². The second-order valence-electron chi connectivity index (χ2n) is 8.30. The van der Waals surface area contributed by atoms with Crippen LogP contribution in [0.4, 0.5) is 0 Å². The highest BCUT2D eigenvalue weighted by atomic mass is 32.2. The summed E-state index contributed by atoms with van der Waals surface area (Å²) in [5.74, 6) is 1.41. The number of thioether (sulfide) groups is 1. The van der Waals surface area contributed by atoms with Crippen molar-refractivity contribution in [3.05, 3.63) is 60.2 Å². The SMILES string of the molecule is O=C(CSc1nnnn1C1CCCC1)N1N=C(c2cc3ccccc3o2)C[C@H]1c1ccco1. The molecule has 1 amide bonds. The number of carbonyl (C=O) groups excluding carboxylic acids is 1. The van der Waals surface area contributed by atoms with Crippen LogP contribution in [0, 0.1) is 0 Å². The molecule has 10 heteroatoms. The van der Waals surface area contributed by atoms with E-state index in [2.05, 4.69) is 20.6 Å². The molecule has 0 radical (unpaired) electrons. The lowest BCUT2D eigenvalue weighted by atomic mass is 10.1. The number of carbonyl (C=O) groups is 1. The molecule has 0 spiro atoms. The van der Waals surface area contributed by atoms with E-state index in [1.165, 1.54) is 29.6 Å². The van der Waals surface area contributed by atoms with Gasteiger partial charge in [0.1, 0.15) is 23.1 Å². The average Bonchev–Trinajstić information content (AvgIpc) is 3.66. The number of furan rings is 2. The molecule has 2 aliphatic rings. The van der Waals surface area contributed by atoms with E-state index in [1.54, 1.807) is 6.26 Å². The first-order valence-corrected chi connectivity index (χ1v) is 12.1. The molecule has 1 fully saturated rings. The number of tetrazole rings is 1. The van der Waals surface area contributed by atoms with E-state index in [0.717, 1.165) is 29.5 Å². The van der Waals surface area contributed by atoms with Gasteiger partial charge in [0.05, 0.1) is 18.1 Å². The quantitative estimate of drug-likeness (QED) is 0.386. The fourth-order valence-electron chi connectivity index (χ4n) is 4.57. The zero-order chi connectivity index (χ0) is 22.2. The van der Waals surface area contributed by atoms with Crippen molar-refractivity contribution in [2.45, 2.75) is 49.3 Å². The van der Waals surface area contributed by atoms with Crippen LogP contribution in [0.25, 0.3) is 11.0 Å². The number of aromatic nitrogens is 4. The summed E-state index contributed by atoms with van der Waals surface area (Å²) in [4.78, 5) is 13.3. The van der Waals surface area contributed by atoms with E-state index in [0.29, 0.717) is 29.1 Å². The molecule has 4 aromatic rings. The van der Waals surface area contributed by atoms with Gasteiger partial charge in [0.2, 0.25) is 5.16 Å². The molecule has 3 aromatic heterocycles. The van der Waals surface area contributed by atoms with E-state index < -0.39 is 0 Å². The highest BCUT2D eigenvalue weighted by molar-refractivity contribution is 7.99. The number of nitrogens with zero attached hydrogens (tertiary/aromatic N) is 6. The number of hydrogen-bond donors (Lipinski definition) is 0. The summed E-state index contributed by atoms with van der Waals surface area (Å²) in [5.41, 5.74) is 1.52. The van der Waals surface area contributed by atoms with Gasteiger partial charge in [-0.3, -0.25) is 4.79 Å². The Morgan fingerprint density at radius 3 is 2.85 bits per heavy atom. The molecule has 4 heterocycles. The first-order valence-electron chi connectivity index (χ1n) is 11.1. The van der Waals surface area contributed by atoms with Crippen LogP contribution < -0.4 is 0 Å². The lowest BCUT2D eigenvalue weighted by Gasteiger charge is -2.19. The van der Waals surface area contributed by atoms with Crippen molar-refractivity contribution < 1.29 is 13.6 Å². The Kier molecular flexibility index (Phi) is 5.21. The Labute approximate surface area is 193 Å². The molecule has 168 valence electrons. The summed E-state index contributed by atoms with van der Waals surface area (Å²) in [6, 6.07) is 13.5. The highest BCUT2D eigenvalue weighted by Crippen LogP contribution is 2.36. The van der Waals surface area contributed by atoms with Gasteiger partial charge in [-0.15, -0.1) is 5.10 Å². The number of hydrazone groups is 1. The smallest absolute Gasteiger partial charge is 0.253 e. The Bertz CT molecular complexity index is 1270. The molecular formula is C23H22N6O3S. The van der Waals surface area contributed by atoms with Crippen LogP contribution in [-0.2, 0) is 4.79 Å². The second-order valence-corrected chi connectivity index (χ2v) is 9.24. The fraction of sp³-hybridized carbons (Fsp3) is 0.348. The Morgan fingerprint density at radius 1 is 1.15 bits per heavy atom. The van der Waals surface area contributed by atoms with Crippen molar-refractivity contribution in [2.24, 2.45) is 5.10 Å². The fourth-order valence-corrected chi connectivity index (χ4v) is 5.36. The molecule has 0 unspecified atom stereocenters. The van der Waals surface area contributed by atoms with Crippen LogP contribution in [0.15, 0.2) is 67.8 Å². The molecule has 1 aliphatic carbocycles. The molecule has 0 saturated heterocycles. The van der Waals surface area contributed by atoms with Crippen LogP contribution >= 0.6 is 11.8 Å². The zero-order valence-electron chi connectivity index (χ0n) is 17.8. The summed E-state index contributed by atoms with van der Waals surface area (Å²) < 4.78 is 13.5. The summed E-state index contributed by atoms with van der Waals surface area (Å²) in [6.45, 7) is 0. The number of rotatable bonds is 6. The third kappa shape index (κ3) is 3.84. The monoisotopic (exact) mass is 462 g/mol. The second kappa shape index (κ2) is 8.51. The van der Waals surface area contributed by atoms with Crippen LogP contribution in [-0.4, -0.2) is 42.6 Å². The molecule has 6 rings (SSSR count). The van der Waals surface area contributed by atoms with E-state index in [4.69, 9.17) is 8.83 Å². The van der Waals surface area contributed by atoms with Crippen LogP contribution in [0.1, 0.15) is 55.7 Å². The lowest BCUT2D eigenvalue weighted by Crippen LogP contribution is -2.28. The standard InChI is InChI=1S/C23H22N6O3S/c30-22(14-33-23-24-26-27-28(23)16-7-2-3-8-16)29-18(20-10-5-11-31-20)13-17(25-29)21-12-15-6-1-4-9-19(15)32-21/h1,4-6,9-12,16,18H,2-3,7-8,13-14H2/t18-/m0/s1. The molecule has 1 aliphatic heterocycles. The third-order valence-electron chi connectivity index (χ3n) is 6.21. The number of amides is 1. The van der Waals surface area contributed by atoms with Gasteiger partial charge in [0.15, 0.2) is 5.76 Å². The van der Waals surface area contributed by atoms with Gasteiger partial charge in [-0.1, -0.05) is 42.8 Å². The van der Waals surface area contributed by atoms with Crippen molar-refractivity contribution >= 4 is 34.3 Å². The summed E-state index contributed by atoms with van der Waals surface area (Å²) in [7, 11) is 0. The molecule has 9 nitrogen and oxygen atoms in total. The van der Waals surface area contributed by atoms with Crippen molar-refractivity contribution in [3.63, 3.8) is 0 Å². The first-order chi connectivity index (χ1) is 16.3. The minimum absolute atomic E-state index is 0.131. The minimum Gasteiger partial charge on any atom is -0.467 e. The van der Waals surface area contributed by atoms with E-state index in [1.807, 2.05) is 47.1 Å². The summed E-state index contributed by atoms with van der Waals surface area (Å²) in [5, 5.41) is 20.0. The Balaban J connectivity index is 1.24. The van der Waals surface area contributed by atoms with Gasteiger partial charge in [-0.25, -0.2) is 9.69 Å².